The number of allylic oxidation sites excluding steroid dienone is 4. The van der Waals surface area contributed by atoms with Crippen LogP contribution in [0.25, 0.3) is 0 Å². The largest absolute Gasteiger partial charge is 0.0810 e. The van der Waals surface area contributed by atoms with Gasteiger partial charge >= 0.3 is 0 Å². The smallest absolute Gasteiger partial charge is 0.0170 e. The Morgan fingerprint density at radius 3 is 2.53 bits per heavy atom. The summed E-state index contributed by atoms with van der Waals surface area (Å²) in [5.41, 5.74) is 1.43. The van der Waals surface area contributed by atoms with Crippen LogP contribution < -0.4 is 0 Å². The first-order valence-corrected chi connectivity index (χ1v) is 6.44. The third-order valence-corrected chi connectivity index (χ3v) is 3.49. The van der Waals surface area contributed by atoms with Crippen molar-refractivity contribution < 1.29 is 0 Å². The molecule has 0 amide bonds. The quantitative estimate of drug-likeness (QED) is 0.595. The molecule has 0 heteroatoms. The maximum absolute atomic E-state index is 2.41. The first-order valence-electron chi connectivity index (χ1n) is 6.44. The third-order valence-electron chi connectivity index (χ3n) is 3.49. The van der Waals surface area contributed by atoms with Gasteiger partial charge in [0.05, 0.1) is 0 Å². The summed E-state index contributed by atoms with van der Waals surface area (Å²) in [5, 5.41) is 0. The Kier molecular flexibility index (Phi) is 5.14. The van der Waals surface area contributed by atoms with Crippen LogP contribution in [0.3, 0.4) is 0 Å². The minimum Gasteiger partial charge on any atom is -0.0810 e. The molecule has 0 fully saturated rings. The van der Waals surface area contributed by atoms with Gasteiger partial charge in [0.15, 0.2) is 0 Å². The summed E-state index contributed by atoms with van der Waals surface area (Å²) in [7, 11) is 0. The van der Waals surface area contributed by atoms with E-state index in [1.54, 1.807) is 0 Å². The molecule has 1 unspecified atom stereocenters. The van der Waals surface area contributed by atoms with Gasteiger partial charge in [-0.1, -0.05) is 63.8 Å². The molecule has 1 rings (SSSR count). The Morgan fingerprint density at radius 1 is 1.27 bits per heavy atom. The van der Waals surface area contributed by atoms with Gasteiger partial charge in [-0.15, -0.1) is 0 Å². The topological polar surface area (TPSA) is 0 Å². The summed E-state index contributed by atoms with van der Waals surface area (Å²) in [6.45, 7) is 9.23. The fourth-order valence-corrected chi connectivity index (χ4v) is 2.23. The van der Waals surface area contributed by atoms with Crippen molar-refractivity contribution in [1.29, 1.82) is 0 Å². The second-order valence-corrected chi connectivity index (χ2v) is 5.51. The molecule has 0 aromatic heterocycles. The minimum absolute atomic E-state index is 0.792. The fourth-order valence-electron chi connectivity index (χ4n) is 2.23. The molecule has 0 bridgehead atoms. The first-order chi connectivity index (χ1) is 7.09. The van der Waals surface area contributed by atoms with Crippen LogP contribution in [0, 0.1) is 17.8 Å². The van der Waals surface area contributed by atoms with Crippen molar-refractivity contribution in [2.24, 2.45) is 17.8 Å². The van der Waals surface area contributed by atoms with E-state index in [1.165, 1.54) is 31.3 Å². The monoisotopic (exact) mass is 206 g/mol. The molecule has 0 aromatic rings. The molecule has 0 saturated heterocycles. The predicted octanol–water partition coefficient (Wildman–Crippen LogP) is 4.97. The lowest BCUT2D eigenvalue weighted by atomic mass is 9.83. The molecule has 0 radical (unpaired) electrons. The average molecular weight is 206 g/mol. The van der Waals surface area contributed by atoms with Crippen LogP contribution in [0.1, 0.15) is 53.4 Å². The van der Waals surface area contributed by atoms with E-state index in [0.717, 1.165) is 17.8 Å². The van der Waals surface area contributed by atoms with Crippen LogP contribution in [0.4, 0.5) is 0 Å². The maximum atomic E-state index is 2.41. The highest BCUT2D eigenvalue weighted by Gasteiger charge is 2.15. The van der Waals surface area contributed by atoms with E-state index < -0.39 is 0 Å². The van der Waals surface area contributed by atoms with Crippen molar-refractivity contribution in [3.63, 3.8) is 0 Å². The lowest BCUT2D eigenvalue weighted by Gasteiger charge is -2.22. The van der Waals surface area contributed by atoms with Gasteiger partial charge in [-0.2, -0.15) is 0 Å². The Labute approximate surface area is 95.5 Å². The molecule has 0 N–H and O–H groups in total. The normalized spacial score (nSPS) is 23.0. The lowest BCUT2D eigenvalue weighted by molar-refractivity contribution is 0.373. The molecule has 0 nitrogen and oxygen atoms in total. The molecule has 0 saturated carbocycles. The maximum Gasteiger partial charge on any atom is -0.0170 e. The predicted molar refractivity (Wildman–Crippen MR) is 68.9 cm³/mol. The summed E-state index contributed by atoms with van der Waals surface area (Å²) < 4.78 is 0. The van der Waals surface area contributed by atoms with Crippen molar-refractivity contribution in [2.75, 3.05) is 0 Å². The van der Waals surface area contributed by atoms with Crippen molar-refractivity contribution in [3.05, 3.63) is 23.8 Å². The molecule has 0 aromatic carbocycles. The zero-order chi connectivity index (χ0) is 11.3. The van der Waals surface area contributed by atoms with E-state index in [-0.39, 0.29) is 0 Å². The van der Waals surface area contributed by atoms with E-state index >= 15 is 0 Å². The standard InChI is InChI=1S/C15H26/c1-12(2)6-5-7-14(4)15-10-8-13(3)9-11-15/h8-10,12,14-15H,5-7,11H2,1-4H3/t14-,15?/m1/s1. The van der Waals surface area contributed by atoms with Gasteiger partial charge < -0.3 is 0 Å². The van der Waals surface area contributed by atoms with Crippen LogP contribution in [-0.2, 0) is 0 Å². The van der Waals surface area contributed by atoms with Crippen molar-refractivity contribution in [1.82, 2.24) is 0 Å². The number of rotatable bonds is 5. The summed E-state index contributed by atoms with van der Waals surface area (Å²) in [6, 6.07) is 0. The zero-order valence-corrected chi connectivity index (χ0v) is 10.8. The molecule has 0 spiro atoms. The number of hydrogen-bond acceptors (Lipinski definition) is 0. The zero-order valence-electron chi connectivity index (χ0n) is 10.8. The van der Waals surface area contributed by atoms with Crippen molar-refractivity contribution >= 4 is 0 Å². The molecule has 15 heavy (non-hydrogen) atoms. The van der Waals surface area contributed by atoms with E-state index in [4.69, 9.17) is 0 Å². The van der Waals surface area contributed by atoms with E-state index in [9.17, 15) is 0 Å². The van der Waals surface area contributed by atoms with E-state index in [1.807, 2.05) is 0 Å². The Hall–Kier alpha value is -0.520. The van der Waals surface area contributed by atoms with Gasteiger partial charge in [-0.25, -0.2) is 0 Å². The highest BCUT2D eigenvalue weighted by atomic mass is 14.2. The summed E-state index contributed by atoms with van der Waals surface area (Å²) in [5.74, 6) is 2.51. The highest BCUT2D eigenvalue weighted by Crippen LogP contribution is 2.27. The molecule has 0 aliphatic heterocycles. The Balaban J connectivity index is 2.24. The molecule has 1 aliphatic carbocycles. The molecule has 2 atom stereocenters. The van der Waals surface area contributed by atoms with Crippen LogP contribution in [-0.4, -0.2) is 0 Å². The van der Waals surface area contributed by atoms with Gasteiger partial charge in [-0.05, 0) is 31.1 Å². The average Bonchev–Trinajstić information content (AvgIpc) is 2.18. The molecular weight excluding hydrogens is 180 g/mol. The fraction of sp³-hybridized carbons (Fsp3) is 0.733. The second kappa shape index (κ2) is 6.15. The summed E-state index contributed by atoms with van der Waals surface area (Å²) in [6.07, 6.45) is 12.5. The van der Waals surface area contributed by atoms with Gasteiger partial charge in [0.1, 0.15) is 0 Å². The van der Waals surface area contributed by atoms with Crippen LogP contribution >= 0.6 is 0 Å². The van der Waals surface area contributed by atoms with Crippen LogP contribution in [0.5, 0.6) is 0 Å². The first kappa shape index (κ1) is 12.5. The molecule has 0 heterocycles. The SMILES string of the molecule is CC1=CCC([C@H](C)CCCC(C)C)C=C1. The van der Waals surface area contributed by atoms with Gasteiger partial charge in [0.2, 0.25) is 0 Å². The molecule has 86 valence electrons. The third kappa shape index (κ3) is 4.68. The second-order valence-electron chi connectivity index (χ2n) is 5.51. The highest BCUT2D eigenvalue weighted by molar-refractivity contribution is 5.21. The summed E-state index contributed by atoms with van der Waals surface area (Å²) >= 11 is 0. The van der Waals surface area contributed by atoms with Gasteiger partial charge in [-0.3, -0.25) is 0 Å². The lowest BCUT2D eigenvalue weighted by Crippen LogP contribution is -2.11. The Morgan fingerprint density at radius 2 is 2.00 bits per heavy atom. The van der Waals surface area contributed by atoms with E-state index in [0.29, 0.717) is 0 Å². The number of hydrogen-bond donors (Lipinski definition) is 0. The minimum atomic E-state index is 0.792. The van der Waals surface area contributed by atoms with Gasteiger partial charge in [0, 0.05) is 0 Å². The Bertz CT molecular complexity index is 232. The van der Waals surface area contributed by atoms with Crippen molar-refractivity contribution in [3.8, 4) is 0 Å². The summed E-state index contributed by atoms with van der Waals surface area (Å²) in [4.78, 5) is 0. The van der Waals surface area contributed by atoms with Crippen LogP contribution in [0.2, 0.25) is 0 Å². The van der Waals surface area contributed by atoms with Gasteiger partial charge in [0.25, 0.3) is 0 Å². The van der Waals surface area contributed by atoms with E-state index in [2.05, 4.69) is 45.9 Å². The molecular formula is C15H26. The van der Waals surface area contributed by atoms with Crippen molar-refractivity contribution in [2.45, 2.75) is 53.4 Å². The molecule has 1 aliphatic rings. The van der Waals surface area contributed by atoms with Crippen LogP contribution in [0.15, 0.2) is 23.8 Å².